The lowest BCUT2D eigenvalue weighted by Crippen LogP contribution is -2.17. The van der Waals surface area contributed by atoms with Crippen LogP contribution in [-0.4, -0.2) is 23.2 Å². The summed E-state index contributed by atoms with van der Waals surface area (Å²) in [6.07, 6.45) is 1.43. The van der Waals surface area contributed by atoms with E-state index < -0.39 is 10.0 Å². The lowest BCUT2D eigenvalue weighted by Gasteiger charge is -2.10. The molecule has 0 bridgehead atoms. The zero-order chi connectivity index (χ0) is 13.3. The van der Waals surface area contributed by atoms with Gasteiger partial charge in [0.15, 0.2) is 5.03 Å². The molecule has 0 fully saturated rings. The van der Waals surface area contributed by atoms with E-state index in [2.05, 4.69) is 30.7 Å². The van der Waals surface area contributed by atoms with Crippen LogP contribution in [0.5, 0.6) is 0 Å². The maximum Gasteiger partial charge on any atom is 0.279 e. The fraction of sp³-hybridized carbons (Fsp3) is 0.200. The molecule has 18 heavy (non-hydrogen) atoms. The quantitative estimate of drug-likeness (QED) is 0.869. The summed E-state index contributed by atoms with van der Waals surface area (Å²) < 4.78 is 28.7. The zero-order valence-electron chi connectivity index (χ0n) is 9.75. The smallest absolute Gasteiger partial charge is 0.277 e. The van der Waals surface area contributed by atoms with Crippen LogP contribution in [0.2, 0.25) is 0 Å². The number of pyridine rings is 1. The molecule has 0 spiro atoms. The molecular weight excluding hydrogens is 320 g/mol. The van der Waals surface area contributed by atoms with Gasteiger partial charge in [-0.3, -0.25) is 9.40 Å². The predicted octanol–water partition coefficient (Wildman–Crippen LogP) is 1.69. The monoisotopic (exact) mass is 330 g/mol. The number of nitrogens with zero attached hydrogens (tertiary/aromatic N) is 3. The van der Waals surface area contributed by atoms with E-state index in [1.165, 1.54) is 16.9 Å². The molecule has 2 heterocycles. The molecule has 8 heteroatoms. The first kappa shape index (κ1) is 13.0. The van der Waals surface area contributed by atoms with Crippen LogP contribution >= 0.6 is 15.9 Å². The van der Waals surface area contributed by atoms with Crippen LogP contribution in [-0.2, 0) is 17.1 Å². The summed E-state index contributed by atoms with van der Waals surface area (Å²) in [6, 6.07) is 4.76. The molecule has 0 saturated heterocycles. The van der Waals surface area contributed by atoms with Gasteiger partial charge in [-0.25, -0.2) is 4.98 Å². The number of aryl methyl sites for hydroxylation is 2. The first-order valence-electron chi connectivity index (χ1n) is 5.04. The van der Waals surface area contributed by atoms with Crippen LogP contribution in [0, 0.1) is 6.92 Å². The summed E-state index contributed by atoms with van der Waals surface area (Å²) in [4.78, 5) is 4.13. The second-order valence-electron chi connectivity index (χ2n) is 3.67. The molecular formula is C10H11BrN4O2S. The van der Waals surface area contributed by atoms with Gasteiger partial charge in [-0.05, 0) is 41.1 Å². The maximum atomic E-state index is 12.1. The molecule has 0 aliphatic rings. The fourth-order valence-electron chi connectivity index (χ4n) is 1.46. The highest BCUT2D eigenvalue weighted by Crippen LogP contribution is 2.19. The van der Waals surface area contributed by atoms with Crippen molar-refractivity contribution in [2.45, 2.75) is 11.9 Å². The Labute approximate surface area is 113 Å². The van der Waals surface area contributed by atoms with Crippen molar-refractivity contribution in [1.29, 1.82) is 0 Å². The van der Waals surface area contributed by atoms with Crippen LogP contribution in [0.3, 0.4) is 0 Å². The molecule has 2 aromatic rings. The van der Waals surface area contributed by atoms with E-state index in [9.17, 15) is 8.42 Å². The Kier molecular flexibility index (Phi) is 3.40. The minimum Gasteiger partial charge on any atom is -0.277 e. The normalized spacial score (nSPS) is 11.5. The van der Waals surface area contributed by atoms with Gasteiger partial charge in [0.2, 0.25) is 0 Å². The van der Waals surface area contributed by atoms with Crippen molar-refractivity contribution in [2.24, 2.45) is 7.05 Å². The van der Waals surface area contributed by atoms with E-state index >= 15 is 0 Å². The van der Waals surface area contributed by atoms with Gasteiger partial charge in [0.1, 0.15) is 4.60 Å². The second kappa shape index (κ2) is 4.69. The summed E-state index contributed by atoms with van der Waals surface area (Å²) in [5.74, 6) is 0. The molecule has 0 aromatic carbocycles. The Morgan fingerprint density at radius 2 is 2.06 bits per heavy atom. The SMILES string of the molecule is Cc1nc(Br)ccc1NS(=O)(=O)c1ccnn1C. The summed E-state index contributed by atoms with van der Waals surface area (Å²) in [7, 11) is -2.07. The molecule has 2 rings (SSSR count). The summed E-state index contributed by atoms with van der Waals surface area (Å²) in [5, 5.41) is 3.94. The number of halogens is 1. The van der Waals surface area contributed by atoms with Gasteiger partial charge in [-0.2, -0.15) is 13.5 Å². The van der Waals surface area contributed by atoms with Crippen molar-refractivity contribution in [1.82, 2.24) is 14.8 Å². The Morgan fingerprint density at radius 1 is 1.33 bits per heavy atom. The van der Waals surface area contributed by atoms with Crippen molar-refractivity contribution in [2.75, 3.05) is 4.72 Å². The van der Waals surface area contributed by atoms with Crippen LogP contribution in [0.15, 0.2) is 34.0 Å². The molecule has 0 unspecified atom stereocenters. The molecule has 0 atom stereocenters. The first-order valence-corrected chi connectivity index (χ1v) is 7.32. The van der Waals surface area contributed by atoms with Crippen LogP contribution in [0.25, 0.3) is 0 Å². The standard InChI is InChI=1S/C10H11BrN4O2S/c1-7-8(3-4-9(11)13-7)14-18(16,17)10-5-6-12-15(10)2/h3-6,14H,1-2H3. The molecule has 2 aromatic heterocycles. The van der Waals surface area contributed by atoms with E-state index in [0.29, 0.717) is 16.0 Å². The van der Waals surface area contributed by atoms with Gasteiger partial charge in [-0.1, -0.05) is 0 Å². The van der Waals surface area contributed by atoms with Gasteiger partial charge in [-0.15, -0.1) is 0 Å². The minimum atomic E-state index is -3.64. The summed E-state index contributed by atoms with van der Waals surface area (Å²) in [6.45, 7) is 1.73. The molecule has 1 N–H and O–H groups in total. The van der Waals surface area contributed by atoms with Crippen molar-refractivity contribution >= 4 is 31.6 Å². The molecule has 0 amide bonds. The lowest BCUT2D eigenvalue weighted by atomic mass is 10.3. The van der Waals surface area contributed by atoms with Crippen molar-refractivity contribution in [3.05, 3.63) is 34.7 Å². The van der Waals surface area contributed by atoms with E-state index in [1.54, 1.807) is 26.1 Å². The predicted molar refractivity (Wildman–Crippen MR) is 70.7 cm³/mol. The molecule has 0 saturated carbocycles. The Hall–Kier alpha value is -1.41. The number of rotatable bonds is 3. The van der Waals surface area contributed by atoms with Crippen LogP contribution < -0.4 is 4.72 Å². The lowest BCUT2D eigenvalue weighted by molar-refractivity contribution is 0.582. The number of nitrogens with one attached hydrogen (secondary N) is 1. The van der Waals surface area contributed by atoms with Crippen molar-refractivity contribution < 1.29 is 8.42 Å². The Morgan fingerprint density at radius 3 is 2.61 bits per heavy atom. The highest BCUT2D eigenvalue weighted by molar-refractivity contribution is 9.10. The third-order valence-corrected chi connectivity index (χ3v) is 4.23. The molecule has 0 aliphatic heterocycles. The number of aromatic nitrogens is 3. The largest absolute Gasteiger partial charge is 0.279 e. The number of anilines is 1. The molecule has 6 nitrogen and oxygen atoms in total. The highest BCUT2D eigenvalue weighted by Gasteiger charge is 2.19. The zero-order valence-corrected chi connectivity index (χ0v) is 12.2. The third kappa shape index (κ3) is 2.54. The Bertz CT molecular complexity index is 681. The van der Waals surface area contributed by atoms with Crippen LogP contribution in [0.4, 0.5) is 5.69 Å². The van der Waals surface area contributed by atoms with Gasteiger partial charge in [0, 0.05) is 7.05 Å². The van der Waals surface area contributed by atoms with E-state index in [1.807, 2.05) is 0 Å². The van der Waals surface area contributed by atoms with Gasteiger partial charge >= 0.3 is 0 Å². The number of sulfonamides is 1. The Balaban J connectivity index is 2.37. The maximum absolute atomic E-state index is 12.1. The first-order chi connectivity index (χ1) is 8.40. The molecule has 0 aliphatic carbocycles. The molecule has 0 radical (unpaired) electrons. The van der Waals surface area contributed by atoms with Crippen molar-refractivity contribution in [3.8, 4) is 0 Å². The number of hydrogen-bond donors (Lipinski definition) is 1. The highest BCUT2D eigenvalue weighted by atomic mass is 79.9. The van der Waals surface area contributed by atoms with E-state index in [4.69, 9.17) is 0 Å². The number of hydrogen-bond acceptors (Lipinski definition) is 4. The molecule has 96 valence electrons. The van der Waals surface area contributed by atoms with E-state index in [-0.39, 0.29) is 5.03 Å². The fourth-order valence-corrected chi connectivity index (χ4v) is 3.10. The van der Waals surface area contributed by atoms with Gasteiger partial charge in [0.25, 0.3) is 10.0 Å². The summed E-state index contributed by atoms with van der Waals surface area (Å²) in [5.41, 5.74) is 1.04. The van der Waals surface area contributed by atoms with Crippen LogP contribution in [0.1, 0.15) is 5.69 Å². The summed E-state index contributed by atoms with van der Waals surface area (Å²) >= 11 is 3.22. The average molecular weight is 331 g/mol. The van der Waals surface area contributed by atoms with E-state index in [0.717, 1.165) is 0 Å². The van der Waals surface area contributed by atoms with Gasteiger partial charge in [0.05, 0.1) is 17.6 Å². The third-order valence-electron chi connectivity index (χ3n) is 2.35. The topological polar surface area (TPSA) is 76.9 Å². The van der Waals surface area contributed by atoms with Gasteiger partial charge < -0.3 is 0 Å². The average Bonchev–Trinajstić information content (AvgIpc) is 2.69. The van der Waals surface area contributed by atoms with Crippen molar-refractivity contribution in [3.63, 3.8) is 0 Å². The second-order valence-corrected chi connectivity index (χ2v) is 6.11. The minimum absolute atomic E-state index is 0.102.